The van der Waals surface area contributed by atoms with E-state index in [1.54, 1.807) is 48.5 Å². The Bertz CT molecular complexity index is 1020. The lowest BCUT2D eigenvalue weighted by molar-refractivity contribution is -0.118. The average molecular weight is 390 g/mol. The van der Waals surface area contributed by atoms with Crippen LogP contribution in [0.1, 0.15) is 15.9 Å². The molecule has 3 aromatic carbocycles. The molecule has 6 nitrogen and oxygen atoms in total. The summed E-state index contributed by atoms with van der Waals surface area (Å²) in [7, 11) is 1.54. The number of hydrogen-bond acceptors (Lipinski definition) is 4. The second kappa shape index (κ2) is 9.41. The fraction of sp³-hybridized carbons (Fsp3) is 0.130. The fourth-order valence-electron chi connectivity index (χ4n) is 2.78. The van der Waals surface area contributed by atoms with Crippen LogP contribution in [0.2, 0.25) is 0 Å². The summed E-state index contributed by atoms with van der Waals surface area (Å²) in [6.07, 6.45) is 0. The maximum absolute atomic E-state index is 12.8. The number of ether oxygens (including phenoxy) is 2. The van der Waals surface area contributed by atoms with Crippen molar-refractivity contribution in [2.24, 2.45) is 0 Å². The van der Waals surface area contributed by atoms with Gasteiger partial charge in [-0.25, -0.2) is 0 Å². The second-order valence-electron chi connectivity index (χ2n) is 6.30. The van der Waals surface area contributed by atoms with E-state index in [4.69, 9.17) is 9.47 Å². The first-order valence-electron chi connectivity index (χ1n) is 9.10. The summed E-state index contributed by atoms with van der Waals surface area (Å²) < 4.78 is 10.8. The van der Waals surface area contributed by atoms with Gasteiger partial charge in [0.25, 0.3) is 11.8 Å². The topological polar surface area (TPSA) is 76.7 Å². The summed E-state index contributed by atoms with van der Waals surface area (Å²) in [4.78, 5) is 25.1. The van der Waals surface area contributed by atoms with Gasteiger partial charge in [0.15, 0.2) is 6.61 Å². The van der Waals surface area contributed by atoms with Crippen molar-refractivity contribution in [1.29, 1.82) is 0 Å². The molecule has 3 aromatic rings. The summed E-state index contributed by atoms with van der Waals surface area (Å²) in [6, 6.07) is 21.4. The summed E-state index contributed by atoms with van der Waals surface area (Å²) in [5.41, 5.74) is 2.22. The number of rotatable bonds is 7. The molecule has 0 radical (unpaired) electrons. The molecule has 29 heavy (non-hydrogen) atoms. The Morgan fingerprint density at radius 3 is 2.14 bits per heavy atom. The number of methoxy groups -OCH3 is 1. The van der Waals surface area contributed by atoms with Gasteiger partial charge >= 0.3 is 0 Å². The SMILES string of the molecule is COc1ccccc1NC(=O)c1ccccc1NC(=O)COc1ccccc1C. The standard InChI is InChI=1S/C23H22N2O4/c1-16-9-3-7-13-20(16)29-15-22(26)24-18-11-5-4-10-17(18)23(27)25-19-12-6-8-14-21(19)28-2/h3-14H,15H2,1-2H3,(H,24,26)(H,25,27). The first-order valence-corrected chi connectivity index (χ1v) is 9.10. The lowest BCUT2D eigenvalue weighted by atomic mass is 10.1. The third-order valence-electron chi connectivity index (χ3n) is 4.25. The molecule has 0 unspecified atom stereocenters. The molecule has 0 bridgehead atoms. The first kappa shape index (κ1) is 19.9. The number of carbonyl (C=O) groups is 2. The van der Waals surface area contributed by atoms with Gasteiger partial charge in [-0.3, -0.25) is 9.59 Å². The van der Waals surface area contributed by atoms with Crippen molar-refractivity contribution in [2.75, 3.05) is 24.4 Å². The smallest absolute Gasteiger partial charge is 0.262 e. The van der Waals surface area contributed by atoms with Gasteiger partial charge in [0.2, 0.25) is 0 Å². The van der Waals surface area contributed by atoms with Gasteiger partial charge < -0.3 is 20.1 Å². The minimum Gasteiger partial charge on any atom is -0.495 e. The second-order valence-corrected chi connectivity index (χ2v) is 6.30. The zero-order valence-corrected chi connectivity index (χ0v) is 16.3. The van der Waals surface area contributed by atoms with Gasteiger partial charge in [-0.1, -0.05) is 42.5 Å². The number of nitrogens with one attached hydrogen (secondary N) is 2. The Kier molecular flexibility index (Phi) is 6.47. The van der Waals surface area contributed by atoms with Gasteiger partial charge in [0.05, 0.1) is 24.0 Å². The number of para-hydroxylation sites is 4. The van der Waals surface area contributed by atoms with Crippen LogP contribution in [0.15, 0.2) is 72.8 Å². The maximum atomic E-state index is 12.8. The number of carbonyl (C=O) groups excluding carboxylic acids is 2. The Hall–Kier alpha value is -3.80. The van der Waals surface area contributed by atoms with Crippen LogP contribution in [0.5, 0.6) is 11.5 Å². The van der Waals surface area contributed by atoms with Crippen LogP contribution in [0.25, 0.3) is 0 Å². The van der Waals surface area contributed by atoms with E-state index in [9.17, 15) is 9.59 Å². The van der Waals surface area contributed by atoms with Crippen LogP contribution in [-0.4, -0.2) is 25.5 Å². The number of hydrogen-bond donors (Lipinski definition) is 2. The summed E-state index contributed by atoms with van der Waals surface area (Å²) in [6.45, 7) is 1.75. The molecule has 2 N–H and O–H groups in total. The third-order valence-corrected chi connectivity index (χ3v) is 4.25. The van der Waals surface area contributed by atoms with Gasteiger partial charge in [0, 0.05) is 0 Å². The quantitative estimate of drug-likeness (QED) is 0.632. The monoisotopic (exact) mass is 390 g/mol. The van der Waals surface area contributed by atoms with Crippen molar-refractivity contribution in [3.63, 3.8) is 0 Å². The molecule has 0 aliphatic heterocycles. The van der Waals surface area contributed by atoms with Crippen LogP contribution >= 0.6 is 0 Å². The molecule has 0 saturated carbocycles. The van der Waals surface area contributed by atoms with Gasteiger partial charge in [0.1, 0.15) is 11.5 Å². The molecule has 0 aliphatic carbocycles. The molecule has 2 amide bonds. The van der Waals surface area contributed by atoms with Crippen LogP contribution in [0, 0.1) is 6.92 Å². The predicted molar refractivity (Wildman–Crippen MR) is 113 cm³/mol. The summed E-state index contributed by atoms with van der Waals surface area (Å²) in [5.74, 6) is 0.481. The molecular weight excluding hydrogens is 368 g/mol. The van der Waals surface area contributed by atoms with Gasteiger partial charge in [-0.05, 0) is 42.8 Å². The molecule has 0 saturated heterocycles. The maximum Gasteiger partial charge on any atom is 0.262 e. The zero-order chi connectivity index (χ0) is 20.6. The molecule has 0 fully saturated rings. The highest BCUT2D eigenvalue weighted by Crippen LogP contribution is 2.25. The fourth-order valence-corrected chi connectivity index (χ4v) is 2.78. The van der Waals surface area contributed by atoms with E-state index in [1.807, 2.05) is 31.2 Å². The van der Waals surface area contributed by atoms with E-state index in [-0.39, 0.29) is 18.4 Å². The molecule has 6 heteroatoms. The first-order chi connectivity index (χ1) is 14.1. The highest BCUT2D eigenvalue weighted by atomic mass is 16.5. The molecule has 0 spiro atoms. The number of benzene rings is 3. The van der Waals surface area contributed by atoms with E-state index in [2.05, 4.69) is 10.6 Å². The molecule has 0 heterocycles. The zero-order valence-electron chi connectivity index (χ0n) is 16.3. The lowest BCUT2D eigenvalue weighted by Gasteiger charge is -2.14. The Morgan fingerprint density at radius 1 is 0.793 bits per heavy atom. The summed E-state index contributed by atoms with van der Waals surface area (Å²) >= 11 is 0. The molecule has 0 atom stereocenters. The van der Waals surface area contributed by atoms with Crippen molar-refractivity contribution in [3.05, 3.63) is 83.9 Å². The lowest BCUT2D eigenvalue weighted by Crippen LogP contribution is -2.23. The van der Waals surface area contributed by atoms with Crippen LogP contribution < -0.4 is 20.1 Å². The number of aryl methyl sites for hydroxylation is 1. The summed E-state index contributed by atoms with van der Waals surface area (Å²) in [5, 5.41) is 5.55. The molecular formula is C23H22N2O4. The normalized spacial score (nSPS) is 10.1. The molecule has 0 aromatic heterocycles. The van der Waals surface area contributed by atoms with Crippen molar-refractivity contribution in [2.45, 2.75) is 6.92 Å². The van der Waals surface area contributed by atoms with Crippen LogP contribution in [0.4, 0.5) is 11.4 Å². The van der Waals surface area contributed by atoms with E-state index in [0.717, 1.165) is 5.56 Å². The van der Waals surface area contributed by atoms with Crippen molar-refractivity contribution >= 4 is 23.2 Å². The van der Waals surface area contributed by atoms with Gasteiger partial charge in [-0.15, -0.1) is 0 Å². The molecule has 0 aliphatic rings. The van der Waals surface area contributed by atoms with Crippen molar-refractivity contribution in [1.82, 2.24) is 0 Å². The highest BCUT2D eigenvalue weighted by Gasteiger charge is 2.15. The minimum absolute atomic E-state index is 0.159. The molecule has 3 rings (SSSR count). The van der Waals surface area contributed by atoms with E-state index >= 15 is 0 Å². The number of amides is 2. The Balaban J connectivity index is 1.69. The van der Waals surface area contributed by atoms with Crippen molar-refractivity contribution in [3.8, 4) is 11.5 Å². The predicted octanol–water partition coefficient (Wildman–Crippen LogP) is 4.27. The highest BCUT2D eigenvalue weighted by molar-refractivity contribution is 6.10. The minimum atomic E-state index is -0.356. The number of anilines is 2. The van der Waals surface area contributed by atoms with E-state index < -0.39 is 0 Å². The van der Waals surface area contributed by atoms with Crippen molar-refractivity contribution < 1.29 is 19.1 Å². The molecule has 148 valence electrons. The Labute approximate surface area is 169 Å². The largest absolute Gasteiger partial charge is 0.495 e. The van der Waals surface area contributed by atoms with Gasteiger partial charge in [-0.2, -0.15) is 0 Å². The van der Waals surface area contributed by atoms with E-state index in [1.165, 1.54) is 7.11 Å². The third kappa shape index (κ3) is 5.13. The van der Waals surface area contributed by atoms with Crippen LogP contribution in [0.3, 0.4) is 0 Å². The Morgan fingerprint density at radius 2 is 1.41 bits per heavy atom. The van der Waals surface area contributed by atoms with Crippen LogP contribution in [-0.2, 0) is 4.79 Å². The average Bonchev–Trinajstić information content (AvgIpc) is 2.74. The van der Waals surface area contributed by atoms with E-state index in [0.29, 0.717) is 28.4 Å².